The second-order valence-electron chi connectivity index (χ2n) is 5.67. The summed E-state index contributed by atoms with van der Waals surface area (Å²) in [4.78, 5) is 11.8. The number of benzene rings is 1. The highest BCUT2D eigenvalue weighted by Crippen LogP contribution is 2.15. The first-order valence-corrected chi connectivity index (χ1v) is 7.86. The molecule has 1 aromatic carbocycles. The van der Waals surface area contributed by atoms with Crippen molar-refractivity contribution in [3.63, 3.8) is 0 Å². The molecule has 0 radical (unpaired) electrons. The number of aromatic nitrogens is 2. The van der Waals surface area contributed by atoms with E-state index in [1.165, 1.54) is 0 Å². The molecule has 0 aliphatic carbocycles. The number of urea groups is 1. The molecule has 0 saturated heterocycles. The fraction of sp³-hybridized carbons (Fsp3) is 0.412. The maximum atomic E-state index is 11.8. The normalized spacial score (nSPS) is 13.3. The van der Waals surface area contributed by atoms with Crippen LogP contribution in [0.4, 0.5) is 10.6 Å². The van der Waals surface area contributed by atoms with Crippen LogP contribution in [0.15, 0.2) is 36.4 Å². The van der Waals surface area contributed by atoms with Crippen LogP contribution >= 0.6 is 0 Å². The van der Waals surface area contributed by atoms with Gasteiger partial charge < -0.3 is 15.2 Å². The molecule has 2 aromatic rings. The van der Waals surface area contributed by atoms with Crippen molar-refractivity contribution in [1.82, 2.24) is 15.1 Å². The van der Waals surface area contributed by atoms with E-state index in [-0.39, 0.29) is 19.3 Å². The van der Waals surface area contributed by atoms with Crippen molar-refractivity contribution < 1.29 is 14.6 Å². The first-order valence-electron chi connectivity index (χ1n) is 7.86. The average molecular weight is 332 g/mol. The number of hydrogen-bond acceptors (Lipinski definition) is 4. The van der Waals surface area contributed by atoms with Crippen LogP contribution in [0, 0.1) is 6.92 Å². The van der Waals surface area contributed by atoms with Gasteiger partial charge in [-0.1, -0.05) is 30.3 Å². The molecule has 0 aliphatic heterocycles. The van der Waals surface area contributed by atoms with Crippen molar-refractivity contribution in [2.24, 2.45) is 7.05 Å². The summed E-state index contributed by atoms with van der Waals surface area (Å²) in [6, 6.07) is 11.1. The van der Waals surface area contributed by atoms with Gasteiger partial charge in [0, 0.05) is 19.7 Å². The van der Waals surface area contributed by atoms with Crippen molar-refractivity contribution in [1.29, 1.82) is 0 Å². The molecule has 1 heterocycles. The molecule has 130 valence electrons. The summed E-state index contributed by atoms with van der Waals surface area (Å²) in [5.41, 5.74) is 1.86. The molecule has 0 bridgehead atoms. The number of ether oxygens (including phenoxy) is 1. The van der Waals surface area contributed by atoms with Crippen molar-refractivity contribution in [3.8, 4) is 0 Å². The number of rotatable bonds is 7. The van der Waals surface area contributed by atoms with E-state index in [4.69, 9.17) is 4.74 Å². The van der Waals surface area contributed by atoms with E-state index < -0.39 is 12.1 Å². The van der Waals surface area contributed by atoms with Crippen LogP contribution < -0.4 is 10.6 Å². The van der Waals surface area contributed by atoms with E-state index in [0.29, 0.717) is 5.82 Å². The van der Waals surface area contributed by atoms with Gasteiger partial charge in [0.05, 0.1) is 24.5 Å². The van der Waals surface area contributed by atoms with Gasteiger partial charge in [0.1, 0.15) is 5.82 Å². The molecular formula is C17H24N4O3. The molecule has 7 heteroatoms. The lowest BCUT2D eigenvalue weighted by Crippen LogP contribution is -2.37. The molecule has 0 saturated carbocycles. The highest BCUT2D eigenvalue weighted by atomic mass is 16.5. The molecule has 2 rings (SSSR count). The summed E-state index contributed by atoms with van der Waals surface area (Å²) < 4.78 is 7.21. The Kier molecular flexibility index (Phi) is 6.34. The molecular weight excluding hydrogens is 308 g/mol. The van der Waals surface area contributed by atoms with E-state index in [0.717, 1.165) is 11.3 Å². The van der Waals surface area contributed by atoms with Crippen LogP contribution in [0.25, 0.3) is 0 Å². The van der Waals surface area contributed by atoms with Crippen LogP contribution in [-0.4, -0.2) is 40.2 Å². The van der Waals surface area contributed by atoms with E-state index >= 15 is 0 Å². The number of aliphatic hydroxyl groups excluding tert-OH is 1. The number of nitrogens with one attached hydrogen (secondary N) is 2. The van der Waals surface area contributed by atoms with Crippen molar-refractivity contribution in [3.05, 3.63) is 47.7 Å². The number of nitrogens with zero attached hydrogens (tertiary/aromatic N) is 2. The van der Waals surface area contributed by atoms with Crippen LogP contribution in [0.1, 0.15) is 24.3 Å². The van der Waals surface area contributed by atoms with Gasteiger partial charge in [-0.15, -0.1) is 0 Å². The molecule has 0 spiro atoms. The zero-order valence-corrected chi connectivity index (χ0v) is 14.2. The van der Waals surface area contributed by atoms with Gasteiger partial charge in [0.15, 0.2) is 0 Å². The molecule has 24 heavy (non-hydrogen) atoms. The maximum Gasteiger partial charge on any atom is 0.320 e. The third kappa shape index (κ3) is 5.36. The van der Waals surface area contributed by atoms with Gasteiger partial charge in [0.2, 0.25) is 0 Å². The monoisotopic (exact) mass is 332 g/mol. The Balaban J connectivity index is 1.70. The third-order valence-electron chi connectivity index (χ3n) is 3.55. The van der Waals surface area contributed by atoms with Gasteiger partial charge in [-0.3, -0.25) is 10.00 Å². The highest BCUT2D eigenvalue weighted by molar-refractivity contribution is 5.88. The standard InChI is InChI=1S/C17H24N4O3/c1-12-9-16(21(3)20-12)19-17(23)18-10-15(22)11-24-13(2)14-7-5-4-6-8-14/h4-9,13,15,22H,10-11H2,1-3H3,(H2,18,19,23)/t13-,15+/m0/s1. The number of aliphatic hydroxyl groups is 1. The largest absolute Gasteiger partial charge is 0.389 e. The minimum atomic E-state index is -0.782. The SMILES string of the molecule is Cc1cc(NC(=O)NC[C@@H](O)CO[C@@H](C)c2ccccc2)n(C)n1. The number of hydrogen-bond donors (Lipinski definition) is 3. The zero-order chi connectivity index (χ0) is 17.5. The van der Waals surface area contributed by atoms with Crippen LogP contribution in [0.2, 0.25) is 0 Å². The number of carbonyl (C=O) groups excluding carboxylic acids is 1. The summed E-state index contributed by atoms with van der Waals surface area (Å²) in [7, 11) is 1.75. The van der Waals surface area contributed by atoms with E-state index in [2.05, 4.69) is 15.7 Å². The molecule has 0 unspecified atom stereocenters. The number of amides is 2. The fourth-order valence-electron chi connectivity index (χ4n) is 2.23. The van der Waals surface area contributed by atoms with Crippen molar-refractivity contribution in [2.75, 3.05) is 18.5 Å². The van der Waals surface area contributed by atoms with Crippen molar-refractivity contribution in [2.45, 2.75) is 26.1 Å². The molecule has 2 atom stereocenters. The van der Waals surface area contributed by atoms with E-state index in [1.54, 1.807) is 17.8 Å². The average Bonchev–Trinajstić information content (AvgIpc) is 2.88. The number of aryl methyl sites for hydroxylation is 2. The summed E-state index contributed by atoms with van der Waals surface area (Å²) in [5.74, 6) is 0.591. The Labute approximate surface area is 141 Å². The Bertz CT molecular complexity index is 657. The quantitative estimate of drug-likeness (QED) is 0.723. The van der Waals surface area contributed by atoms with Gasteiger partial charge in [-0.25, -0.2) is 4.79 Å². The Morgan fingerprint density at radius 3 is 2.71 bits per heavy atom. The van der Waals surface area contributed by atoms with Crippen LogP contribution in [-0.2, 0) is 11.8 Å². The first-order chi connectivity index (χ1) is 11.5. The second kappa shape index (κ2) is 8.47. The minimum Gasteiger partial charge on any atom is -0.389 e. The van der Waals surface area contributed by atoms with E-state index in [9.17, 15) is 9.90 Å². The van der Waals surface area contributed by atoms with Gasteiger partial charge >= 0.3 is 6.03 Å². The zero-order valence-electron chi connectivity index (χ0n) is 14.2. The lowest BCUT2D eigenvalue weighted by molar-refractivity contribution is -0.000954. The van der Waals surface area contributed by atoms with Crippen molar-refractivity contribution >= 4 is 11.8 Å². The summed E-state index contributed by atoms with van der Waals surface area (Å²) in [6.07, 6.45) is -0.901. The Hall–Kier alpha value is -2.38. The molecule has 0 aliphatic rings. The summed E-state index contributed by atoms with van der Waals surface area (Å²) in [5, 5.41) is 19.4. The fourth-order valence-corrected chi connectivity index (χ4v) is 2.23. The molecule has 2 amide bonds. The first kappa shape index (κ1) is 18.0. The predicted octanol–water partition coefficient (Wildman–Crippen LogP) is 1.99. The maximum absolute atomic E-state index is 11.8. The Morgan fingerprint density at radius 2 is 2.08 bits per heavy atom. The van der Waals surface area contributed by atoms with E-state index in [1.807, 2.05) is 44.2 Å². The van der Waals surface area contributed by atoms with Gasteiger partial charge in [-0.05, 0) is 19.4 Å². The lowest BCUT2D eigenvalue weighted by atomic mass is 10.1. The van der Waals surface area contributed by atoms with Crippen LogP contribution in [0.5, 0.6) is 0 Å². The van der Waals surface area contributed by atoms with Gasteiger partial charge in [0.25, 0.3) is 0 Å². The molecule has 1 aromatic heterocycles. The topological polar surface area (TPSA) is 88.4 Å². The number of anilines is 1. The second-order valence-corrected chi connectivity index (χ2v) is 5.67. The summed E-state index contributed by atoms with van der Waals surface area (Å²) in [6.45, 7) is 4.01. The number of carbonyl (C=O) groups is 1. The summed E-state index contributed by atoms with van der Waals surface area (Å²) >= 11 is 0. The minimum absolute atomic E-state index is 0.101. The Morgan fingerprint density at radius 1 is 1.38 bits per heavy atom. The highest BCUT2D eigenvalue weighted by Gasteiger charge is 2.12. The lowest BCUT2D eigenvalue weighted by Gasteiger charge is -2.17. The molecule has 3 N–H and O–H groups in total. The third-order valence-corrected chi connectivity index (χ3v) is 3.55. The molecule has 7 nitrogen and oxygen atoms in total. The molecule has 0 fully saturated rings. The smallest absolute Gasteiger partial charge is 0.320 e. The van der Waals surface area contributed by atoms with Gasteiger partial charge in [-0.2, -0.15) is 5.10 Å². The van der Waals surface area contributed by atoms with Crippen LogP contribution in [0.3, 0.4) is 0 Å². The predicted molar refractivity (Wildman–Crippen MR) is 91.8 cm³/mol.